The highest BCUT2D eigenvalue weighted by molar-refractivity contribution is 6.57. The van der Waals surface area contributed by atoms with Crippen molar-refractivity contribution >= 4 is 12.9 Å². The average molecular weight is 222 g/mol. The molecule has 0 unspecified atom stereocenters. The Labute approximate surface area is 99.2 Å². The summed E-state index contributed by atoms with van der Waals surface area (Å²) in [6.45, 7) is 6.05. The Kier molecular flexibility index (Phi) is 3.32. The fourth-order valence-electron chi connectivity index (χ4n) is 3.11. The van der Waals surface area contributed by atoms with Crippen LogP contribution >= 0.6 is 0 Å². The minimum atomic E-state index is -0.355. The van der Waals surface area contributed by atoms with Crippen LogP contribution in [-0.2, 0) is 9.45 Å². The molecular formula is C13H23BO2. The molecule has 16 heavy (non-hydrogen) atoms. The van der Waals surface area contributed by atoms with Crippen LogP contribution in [0.1, 0.15) is 59.3 Å². The van der Waals surface area contributed by atoms with Crippen LogP contribution in [0.4, 0.5) is 0 Å². The van der Waals surface area contributed by atoms with Gasteiger partial charge in [-0.05, 0) is 32.4 Å². The minimum Gasteiger partial charge on any atom is -0.535 e. The molecular weight excluding hydrogens is 199 g/mol. The lowest BCUT2D eigenvalue weighted by molar-refractivity contribution is -0.143. The predicted molar refractivity (Wildman–Crippen MR) is 66.5 cm³/mol. The average Bonchev–Trinajstić information content (AvgIpc) is 2.15. The molecule has 2 rings (SSSR count). The minimum absolute atomic E-state index is 0.0173. The van der Waals surface area contributed by atoms with E-state index in [0.717, 1.165) is 0 Å². The summed E-state index contributed by atoms with van der Waals surface area (Å²) in [5, 5.41) is 0. The van der Waals surface area contributed by atoms with Crippen molar-refractivity contribution < 1.29 is 9.45 Å². The normalized spacial score (nSPS) is 30.1. The third-order valence-electron chi connectivity index (χ3n) is 4.08. The summed E-state index contributed by atoms with van der Waals surface area (Å²) in [5.74, 6) is 1.29. The zero-order valence-corrected chi connectivity index (χ0v) is 10.8. The molecule has 0 atom stereocenters. The third kappa shape index (κ3) is 2.44. The summed E-state index contributed by atoms with van der Waals surface area (Å²) >= 11 is 0. The Hall–Kier alpha value is -0.465. The molecule has 2 nitrogen and oxygen atoms in total. The second-order valence-electron chi connectivity index (χ2n) is 6.50. The summed E-state index contributed by atoms with van der Waals surface area (Å²) in [6.07, 6.45) is 7.71. The van der Waals surface area contributed by atoms with Crippen molar-refractivity contribution in [2.45, 2.75) is 70.9 Å². The van der Waals surface area contributed by atoms with E-state index in [0.29, 0.717) is 11.6 Å². The van der Waals surface area contributed by atoms with Crippen molar-refractivity contribution in [3.63, 3.8) is 0 Å². The van der Waals surface area contributed by atoms with E-state index in [1.165, 1.54) is 38.5 Å². The first-order valence-corrected chi connectivity index (χ1v) is 6.69. The van der Waals surface area contributed by atoms with E-state index < -0.39 is 0 Å². The summed E-state index contributed by atoms with van der Waals surface area (Å²) in [5.41, 5.74) is -0.355. The van der Waals surface area contributed by atoms with Crippen LogP contribution in [-0.4, -0.2) is 12.9 Å². The highest BCUT2D eigenvalue weighted by Crippen LogP contribution is 2.47. The van der Waals surface area contributed by atoms with Gasteiger partial charge in [-0.3, -0.25) is 4.79 Å². The molecule has 2 saturated heterocycles. The second kappa shape index (κ2) is 4.42. The van der Waals surface area contributed by atoms with Crippen molar-refractivity contribution in [3.8, 4) is 0 Å². The van der Waals surface area contributed by atoms with Crippen LogP contribution < -0.4 is 0 Å². The molecule has 0 N–H and O–H groups in total. The molecule has 0 aliphatic carbocycles. The Balaban J connectivity index is 2.00. The van der Waals surface area contributed by atoms with Crippen LogP contribution in [0.25, 0.3) is 0 Å². The molecule has 0 radical (unpaired) electrons. The summed E-state index contributed by atoms with van der Waals surface area (Å²) in [7, 11) is 0. The van der Waals surface area contributed by atoms with E-state index >= 15 is 0 Å². The molecule has 2 bridgehead atoms. The van der Waals surface area contributed by atoms with Gasteiger partial charge in [-0.15, -0.1) is 0 Å². The first-order chi connectivity index (χ1) is 7.48. The lowest BCUT2D eigenvalue weighted by atomic mass is 9.38. The monoisotopic (exact) mass is 222 g/mol. The number of hydrogen-bond acceptors (Lipinski definition) is 2. The first-order valence-electron chi connectivity index (χ1n) is 6.69. The molecule has 0 saturated carbocycles. The Morgan fingerprint density at radius 3 is 1.88 bits per heavy atom. The second-order valence-corrected chi connectivity index (χ2v) is 6.50. The van der Waals surface area contributed by atoms with Gasteiger partial charge in [-0.1, -0.05) is 38.5 Å². The van der Waals surface area contributed by atoms with E-state index in [2.05, 4.69) is 0 Å². The number of carbonyl (C=O) groups is 1. The Bertz CT molecular complexity index is 248. The molecule has 0 amide bonds. The molecule has 2 aliphatic heterocycles. The number of fused-ring (bicyclic) bond motifs is 2. The lowest BCUT2D eigenvalue weighted by Crippen LogP contribution is -2.41. The number of carbonyl (C=O) groups excluding carboxylic acids is 1. The lowest BCUT2D eigenvalue weighted by Gasteiger charge is -2.39. The van der Waals surface area contributed by atoms with Crippen LogP contribution in [0, 0.1) is 5.41 Å². The van der Waals surface area contributed by atoms with Crippen LogP contribution in [0.3, 0.4) is 0 Å². The highest BCUT2D eigenvalue weighted by Gasteiger charge is 2.44. The maximum Gasteiger partial charge on any atom is 0.367 e. The van der Waals surface area contributed by atoms with Gasteiger partial charge in [-0.25, -0.2) is 0 Å². The molecule has 0 aromatic rings. The van der Waals surface area contributed by atoms with Crippen molar-refractivity contribution in [1.29, 1.82) is 0 Å². The summed E-state index contributed by atoms with van der Waals surface area (Å²) in [6, 6.07) is 0. The van der Waals surface area contributed by atoms with Crippen molar-refractivity contribution in [1.82, 2.24) is 0 Å². The van der Waals surface area contributed by atoms with E-state index in [1.807, 2.05) is 20.8 Å². The molecule has 0 aromatic heterocycles. The van der Waals surface area contributed by atoms with Gasteiger partial charge in [0.1, 0.15) is 0 Å². The molecule has 0 spiro atoms. The quantitative estimate of drug-likeness (QED) is 0.632. The van der Waals surface area contributed by atoms with Crippen LogP contribution in [0.15, 0.2) is 0 Å². The third-order valence-corrected chi connectivity index (χ3v) is 4.08. The zero-order valence-electron chi connectivity index (χ0n) is 10.8. The SMILES string of the molecule is CC(C)(C)C(=O)OB1C2CCCC1CCC2. The summed E-state index contributed by atoms with van der Waals surface area (Å²) in [4.78, 5) is 11.9. The predicted octanol–water partition coefficient (Wildman–Crippen LogP) is 3.68. The van der Waals surface area contributed by atoms with Gasteiger partial charge in [0.25, 0.3) is 5.97 Å². The van der Waals surface area contributed by atoms with Gasteiger partial charge >= 0.3 is 6.92 Å². The Morgan fingerprint density at radius 2 is 1.50 bits per heavy atom. The fourth-order valence-corrected chi connectivity index (χ4v) is 3.11. The largest absolute Gasteiger partial charge is 0.535 e. The number of hydrogen-bond donors (Lipinski definition) is 0. The fraction of sp³-hybridized carbons (Fsp3) is 0.923. The first kappa shape index (κ1) is 12.0. The maximum atomic E-state index is 11.9. The molecule has 2 fully saturated rings. The van der Waals surface area contributed by atoms with E-state index in [-0.39, 0.29) is 18.3 Å². The van der Waals surface area contributed by atoms with Gasteiger partial charge in [0.05, 0.1) is 5.41 Å². The molecule has 0 aromatic carbocycles. The molecule has 2 heterocycles. The van der Waals surface area contributed by atoms with Gasteiger partial charge in [-0.2, -0.15) is 0 Å². The molecule has 2 aliphatic rings. The van der Waals surface area contributed by atoms with Gasteiger partial charge in [0, 0.05) is 0 Å². The van der Waals surface area contributed by atoms with Gasteiger partial charge in [0.2, 0.25) is 0 Å². The van der Waals surface area contributed by atoms with Gasteiger partial charge < -0.3 is 4.65 Å². The Morgan fingerprint density at radius 1 is 1.06 bits per heavy atom. The standard InChI is InChI=1S/C13H23BO2/c1-13(2,3)12(15)16-14-10-6-4-7-11(14)9-5-8-10/h10-11H,4-9H2,1-3H3. The topological polar surface area (TPSA) is 26.3 Å². The smallest absolute Gasteiger partial charge is 0.367 e. The van der Waals surface area contributed by atoms with Crippen molar-refractivity contribution in [2.75, 3.05) is 0 Å². The van der Waals surface area contributed by atoms with E-state index in [9.17, 15) is 4.79 Å². The molecule has 90 valence electrons. The number of rotatable bonds is 1. The van der Waals surface area contributed by atoms with Crippen LogP contribution in [0.2, 0.25) is 11.6 Å². The van der Waals surface area contributed by atoms with Gasteiger partial charge in [0.15, 0.2) is 0 Å². The highest BCUT2D eigenvalue weighted by atomic mass is 16.5. The van der Waals surface area contributed by atoms with Crippen LogP contribution in [0.5, 0.6) is 0 Å². The zero-order chi connectivity index (χ0) is 11.8. The maximum absolute atomic E-state index is 11.9. The van der Waals surface area contributed by atoms with Crippen molar-refractivity contribution in [3.05, 3.63) is 0 Å². The van der Waals surface area contributed by atoms with E-state index in [4.69, 9.17) is 4.65 Å². The van der Waals surface area contributed by atoms with E-state index in [1.54, 1.807) is 0 Å². The summed E-state index contributed by atoms with van der Waals surface area (Å²) < 4.78 is 5.78. The molecule has 3 heteroatoms. The van der Waals surface area contributed by atoms with Crippen molar-refractivity contribution in [2.24, 2.45) is 5.41 Å².